The third-order valence-corrected chi connectivity index (χ3v) is 5.83. The topological polar surface area (TPSA) is 49.4 Å². The van der Waals surface area contributed by atoms with Crippen LogP contribution in [0.25, 0.3) is 0 Å². The van der Waals surface area contributed by atoms with Crippen LogP contribution >= 0.6 is 23.4 Å². The number of nitrogens with one attached hydrogen (secondary N) is 1. The van der Waals surface area contributed by atoms with Crippen LogP contribution in [0.2, 0.25) is 5.02 Å². The van der Waals surface area contributed by atoms with Crippen LogP contribution in [0.15, 0.2) is 59.5 Å². The van der Waals surface area contributed by atoms with E-state index in [9.17, 15) is 9.59 Å². The van der Waals surface area contributed by atoms with Gasteiger partial charge in [0.1, 0.15) is 6.04 Å². The van der Waals surface area contributed by atoms with Gasteiger partial charge in [-0.25, -0.2) is 0 Å². The van der Waals surface area contributed by atoms with Crippen LogP contribution in [0.5, 0.6) is 0 Å². The third kappa shape index (κ3) is 8.41. The highest BCUT2D eigenvalue weighted by Crippen LogP contribution is 2.22. The molecule has 0 fully saturated rings. The summed E-state index contributed by atoms with van der Waals surface area (Å²) < 4.78 is 0. The van der Waals surface area contributed by atoms with Gasteiger partial charge in [0, 0.05) is 28.4 Å². The molecule has 0 aliphatic carbocycles. The Hall–Kier alpha value is -1.98. The van der Waals surface area contributed by atoms with E-state index in [2.05, 4.69) is 5.32 Å². The molecule has 1 atom stereocenters. The first-order valence-electron chi connectivity index (χ1n) is 10.2. The standard InChI is InChI=1S/C24H31ClN2O2S/c1-18(23(29)26-24(2,3)4)27(17-19-9-6-5-7-10-19)22(28)11-8-16-30-21-14-12-20(25)13-15-21/h5-7,9-10,12-15,18H,8,11,16-17H2,1-4H3,(H,26,29)/t18-/m0/s1. The number of rotatable bonds is 9. The normalized spacial score (nSPS) is 12.3. The number of hydrogen-bond donors (Lipinski definition) is 1. The Morgan fingerprint density at radius 3 is 2.30 bits per heavy atom. The molecule has 2 amide bonds. The van der Waals surface area contributed by atoms with E-state index >= 15 is 0 Å². The predicted octanol–water partition coefficient (Wildman–Crippen LogP) is 5.54. The first kappa shape index (κ1) is 24.3. The molecule has 6 heteroatoms. The summed E-state index contributed by atoms with van der Waals surface area (Å²) in [5.41, 5.74) is 0.666. The molecule has 0 heterocycles. The van der Waals surface area contributed by atoms with Gasteiger partial charge in [-0.1, -0.05) is 41.9 Å². The molecule has 1 N–H and O–H groups in total. The van der Waals surface area contributed by atoms with E-state index in [0.717, 1.165) is 22.6 Å². The summed E-state index contributed by atoms with van der Waals surface area (Å²) in [5.74, 6) is 0.684. The summed E-state index contributed by atoms with van der Waals surface area (Å²) in [6.45, 7) is 8.03. The fourth-order valence-corrected chi connectivity index (χ4v) is 3.90. The van der Waals surface area contributed by atoms with Crippen LogP contribution in [0, 0.1) is 0 Å². The monoisotopic (exact) mass is 446 g/mol. The smallest absolute Gasteiger partial charge is 0.242 e. The Balaban J connectivity index is 1.98. The van der Waals surface area contributed by atoms with Crippen molar-refractivity contribution in [3.8, 4) is 0 Å². The molecule has 0 spiro atoms. The van der Waals surface area contributed by atoms with Crippen molar-refractivity contribution < 1.29 is 9.59 Å². The number of benzene rings is 2. The van der Waals surface area contributed by atoms with Crippen molar-refractivity contribution in [1.82, 2.24) is 10.2 Å². The van der Waals surface area contributed by atoms with E-state index in [1.54, 1.807) is 23.6 Å². The fraction of sp³-hybridized carbons (Fsp3) is 0.417. The summed E-state index contributed by atoms with van der Waals surface area (Å²) in [6, 6.07) is 16.9. The van der Waals surface area contributed by atoms with Gasteiger partial charge < -0.3 is 10.2 Å². The van der Waals surface area contributed by atoms with Gasteiger partial charge in [0.2, 0.25) is 11.8 Å². The van der Waals surface area contributed by atoms with E-state index < -0.39 is 6.04 Å². The van der Waals surface area contributed by atoms with Gasteiger partial charge in [0.05, 0.1) is 0 Å². The number of halogens is 1. The van der Waals surface area contributed by atoms with Gasteiger partial charge in [-0.3, -0.25) is 9.59 Å². The first-order valence-corrected chi connectivity index (χ1v) is 11.6. The summed E-state index contributed by atoms with van der Waals surface area (Å²) in [7, 11) is 0. The van der Waals surface area contributed by atoms with Crippen molar-refractivity contribution in [1.29, 1.82) is 0 Å². The van der Waals surface area contributed by atoms with Gasteiger partial charge in [-0.05, 0) is 69.7 Å². The van der Waals surface area contributed by atoms with Gasteiger partial charge in [0.25, 0.3) is 0 Å². The highest BCUT2D eigenvalue weighted by molar-refractivity contribution is 7.99. The third-order valence-electron chi connectivity index (χ3n) is 4.48. The van der Waals surface area contributed by atoms with Gasteiger partial charge in [0.15, 0.2) is 0 Å². The molecule has 2 aromatic rings. The van der Waals surface area contributed by atoms with E-state index in [1.165, 1.54) is 0 Å². The SMILES string of the molecule is C[C@@H](C(=O)NC(C)(C)C)N(Cc1ccccc1)C(=O)CCCSc1ccc(Cl)cc1. The van der Waals surface area contributed by atoms with Crippen LogP contribution in [-0.4, -0.2) is 34.0 Å². The molecule has 2 aromatic carbocycles. The van der Waals surface area contributed by atoms with Crippen LogP contribution in [0.4, 0.5) is 0 Å². The predicted molar refractivity (Wildman–Crippen MR) is 126 cm³/mol. The molecule has 162 valence electrons. The molecular formula is C24H31ClN2O2S. The minimum absolute atomic E-state index is 0.00730. The summed E-state index contributed by atoms with van der Waals surface area (Å²) in [4.78, 5) is 28.6. The molecule has 0 saturated heterocycles. The molecule has 0 saturated carbocycles. The molecule has 0 unspecified atom stereocenters. The molecule has 30 heavy (non-hydrogen) atoms. The maximum Gasteiger partial charge on any atom is 0.242 e. The zero-order valence-electron chi connectivity index (χ0n) is 18.2. The van der Waals surface area contributed by atoms with Crippen molar-refractivity contribution in [2.75, 3.05) is 5.75 Å². The quantitative estimate of drug-likeness (QED) is 0.406. The highest BCUT2D eigenvalue weighted by Gasteiger charge is 2.28. The van der Waals surface area contributed by atoms with Crippen LogP contribution in [0.1, 0.15) is 46.1 Å². The van der Waals surface area contributed by atoms with Crippen molar-refractivity contribution in [2.24, 2.45) is 0 Å². The maximum absolute atomic E-state index is 13.0. The second kappa shape index (κ2) is 11.4. The number of nitrogens with zero attached hydrogens (tertiary/aromatic N) is 1. The maximum atomic E-state index is 13.0. The minimum Gasteiger partial charge on any atom is -0.350 e. The molecule has 4 nitrogen and oxygen atoms in total. The molecule has 0 aliphatic rings. The zero-order chi connectivity index (χ0) is 22.1. The van der Waals surface area contributed by atoms with Gasteiger partial charge >= 0.3 is 0 Å². The Bertz CT molecular complexity index is 819. The van der Waals surface area contributed by atoms with Crippen molar-refractivity contribution in [3.05, 3.63) is 65.2 Å². The highest BCUT2D eigenvalue weighted by atomic mass is 35.5. The Kier molecular flexibility index (Phi) is 9.25. The Labute approximate surface area is 189 Å². The van der Waals surface area contributed by atoms with Crippen molar-refractivity contribution >= 4 is 35.2 Å². The van der Waals surface area contributed by atoms with Crippen LogP contribution < -0.4 is 5.32 Å². The number of amides is 2. The van der Waals surface area contributed by atoms with Crippen molar-refractivity contribution in [3.63, 3.8) is 0 Å². The molecule has 0 aromatic heterocycles. The van der Waals surface area contributed by atoms with Gasteiger partial charge in [-0.2, -0.15) is 0 Å². The van der Waals surface area contributed by atoms with E-state index in [4.69, 9.17) is 11.6 Å². The largest absolute Gasteiger partial charge is 0.350 e. The van der Waals surface area contributed by atoms with Crippen molar-refractivity contribution in [2.45, 2.75) is 63.6 Å². The lowest BCUT2D eigenvalue weighted by Crippen LogP contribution is -2.52. The molecule has 0 bridgehead atoms. The molecular weight excluding hydrogens is 416 g/mol. The van der Waals surface area contributed by atoms with Crippen LogP contribution in [-0.2, 0) is 16.1 Å². The van der Waals surface area contributed by atoms with Crippen LogP contribution in [0.3, 0.4) is 0 Å². The zero-order valence-corrected chi connectivity index (χ0v) is 19.7. The lowest BCUT2D eigenvalue weighted by molar-refractivity contribution is -0.141. The van der Waals surface area contributed by atoms with E-state index in [1.807, 2.05) is 75.4 Å². The van der Waals surface area contributed by atoms with E-state index in [-0.39, 0.29) is 17.4 Å². The summed E-state index contributed by atoms with van der Waals surface area (Å²) in [5, 5.41) is 3.70. The second-order valence-electron chi connectivity index (χ2n) is 8.33. The number of carbonyl (C=O) groups is 2. The number of thioether (sulfide) groups is 1. The first-order chi connectivity index (χ1) is 14.2. The summed E-state index contributed by atoms with van der Waals surface area (Å²) >= 11 is 7.62. The second-order valence-corrected chi connectivity index (χ2v) is 9.93. The molecule has 0 aliphatic heterocycles. The average Bonchev–Trinajstić information content (AvgIpc) is 2.69. The number of carbonyl (C=O) groups excluding carboxylic acids is 2. The lowest BCUT2D eigenvalue weighted by Gasteiger charge is -2.31. The lowest BCUT2D eigenvalue weighted by atomic mass is 10.1. The van der Waals surface area contributed by atoms with Gasteiger partial charge in [-0.15, -0.1) is 11.8 Å². The minimum atomic E-state index is -0.541. The molecule has 0 radical (unpaired) electrons. The Morgan fingerprint density at radius 1 is 1.07 bits per heavy atom. The average molecular weight is 447 g/mol. The molecule has 2 rings (SSSR count). The fourth-order valence-electron chi connectivity index (χ4n) is 2.92. The Morgan fingerprint density at radius 2 is 1.70 bits per heavy atom. The van der Waals surface area contributed by atoms with E-state index in [0.29, 0.717) is 18.0 Å². The number of hydrogen-bond acceptors (Lipinski definition) is 3. The summed E-state index contributed by atoms with van der Waals surface area (Å²) in [6.07, 6.45) is 1.14.